The molecule has 0 amide bonds. The Balaban J connectivity index is 3.90. The molecule has 0 unspecified atom stereocenters. The third-order valence-electron chi connectivity index (χ3n) is 3.29. The van der Waals surface area contributed by atoms with Crippen molar-refractivity contribution < 1.29 is 57.8 Å². The van der Waals surface area contributed by atoms with Gasteiger partial charge in [-0.25, -0.2) is 9.18 Å². The van der Waals surface area contributed by atoms with E-state index in [9.17, 15) is 53.1 Å². The highest BCUT2D eigenvalue weighted by atomic mass is 19.4. The standard InChI is InChI=1S/C10H5F11O2/c1-3(4(22)23-2)5(11)6(12,13)8(16,17)10(20,21)9(18,19)7(5,14)15/h1H2,2H3. The maximum atomic E-state index is 14.1. The number of esters is 1. The van der Waals surface area contributed by atoms with Gasteiger partial charge < -0.3 is 4.74 Å². The van der Waals surface area contributed by atoms with Crippen LogP contribution in [0.15, 0.2) is 12.2 Å². The molecule has 1 aliphatic rings. The Morgan fingerprint density at radius 2 is 0.957 bits per heavy atom. The fourth-order valence-electron chi connectivity index (χ4n) is 1.86. The predicted octanol–water partition coefficient (Wildman–Crippen LogP) is 3.61. The van der Waals surface area contributed by atoms with E-state index in [-0.39, 0.29) is 7.11 Å². The molecule has 1 saturated carbocycles. The fourth-order valence-corrected chi connectivity index (χ4v) is 1.86. The zero-order chi connectivity index (χ0) is 18.9. The lowest BCUT2D eigenvalue weighted by Gasteiger charge is -2.52. The SMILES string of the molecule is C=C(C(=O)OC)C1(F)C(F)(F)C(F)(F)C(F)(F)C(F)(F)C1(F)F. The van der Waals surface area contributed by atoms with Crippen LogP contribution in [0.1, 0.15) is 0 Å². The van der Waals surface area contributed by atoms with Crippen LogP contribution in [0.4, 0.5) is 48.3 Å². The molecule has 0 atom stereocenters. The Kier molecular flexibility index (Phi) is 3.81. The number of carbonyl (C=O) groups excluding carboxylic acids is 1. The number of hydrogen-bond donors (Lipinski definition) is 0. The molecule has 0 heterocycles. The Morgan fingerprint density at radius 1 is 0.696 bits per heavy atom. The summed E-state index contributed by atoms with van der Waals surface area (Å²) in [6.45, 7) is 1.97. The summed E-state index contributed by atoms with van der Waals surface area (Å²) in [4.78, 5) is 10.9. The summed E-state index contributed by atoms with van der Waals surface area (Å²) in [5.41, 5.74) is -9.41. The lowest BCUT2D eigenvalue weighted by atomic mass is 9.69. The van der Waals surface area contributed by atoms with Gasteiger partial charge in [-0.05, 0) is 0 Å². The molecule has 13 heteroatoms. The minimum Gasteiger partial charge on any atom is -0.466 e. The van der Waals surface area contributed by atoms with Crippen molar-refractivity contribution in [2.45, 2.75) is 35.3 Å². The van der Waals surface area contributed by atoms with Crippen LogP contribution in [0.25, 0.3) is 0 Å². The van der Waals surface area contributed by atoms with E-state index in [4.69, 9.17) is 0 Å². The van der Waals surface area contributed by atoms with Gasteiger partial charge in [0.2, 0.25) is 0 Å². The molecule has 0 radical (unpaired) electrons. The molecule has 1 aliphatic carbocycles. The quantitative estimate of drug-likeness (QED) is 0.424. The number of carbonyl (C=O) groups is 1. The van der Waals surface area contributed by atoms with Gasteiger partial charge in [0.05, 0.1) is 12.7 Å². The van der Waals surface area contributed by atoms with E-state index in [1.165, 1.54) is 0 Å². The first-order valence-corrected chi connectivity index (χ1v) is 5.25. The topological polar surface area (TPSA) is 26.3 Å². The van der Waals surface area contributed by atoms with Crippen LogP contribution < -0.4 is 0 Å². The molecule has 0 spiro atoms. The third-order valence-corrected chi connectivity index (χ3v) is 3.29. The zero-order valence-electron chi connectivity index (χ0n) is 10.7. The van der Waals surface area contributed by atoms with E-state index in [0.29, 0.717) is 0 Å². The Morgan fingerprint density at radius 3 is 1.22 bits per heavy atom. The largest absolute Gasteiger partial charge is 0.466 e. The number of hydrogen-bond acceptors (Lipinski definition) is 2. The summed E-state index contributed by atoms with van der Waals surface area (Å²) < 4.78 is 149. The third kappa shape index (κ3) is 1.67. The van der Waals surface area contributed by atoms with Gasteiger partial charge in [-0.2, -0.15) is 43.9 Å². The molecule has 134 valence electrons. The van der Waals surface area contributed by atoms with Crippen LogP contribution in [-0.2, 0) is 9.53 Å². The molecule has 2 nitrogen and oxygen atoms in total. The second-order valence-electron chi connectivity index (χ2n) is 4.50. The first kappa shape index (κ1) is 19.5. The molecule has 0 N–H and O–H groups in total. The lowest BCUT2D eigenvalue weighted by molar-refractivity contribution is -0.478. The molecule has 1 rings (SSSR count). The van der Waals surface area contributed by atoms with Crippen molar-refractivity contribution in [1.29, 1.82) is 0 Å². The van der Waals surface area contributed by atoms with Crippen molar-refractivity contribution in [3.8, 4) is 0 Å². The van der Waals surface area contributed by atoms with E-state index < -0.39 is 46.8 Å². The Labute approximate surface area is 119 Å². The molecule has 0 aromatic heterocycles. The van der Waals surface area contributed by atoms with Crippen molar-refractivity contribution in [3.05, 3.63) is 12.2 Å². The van der Waals surface area contributed by atoms with Gasteiger partial charge in [-0.1, -0.05) is 6.58 Å². The highest BCUT2D eigenvalue weighted by molar-refractivity contribution is 5.91. The number of alkyl halides is 11. The van der Waals surface area contributed by atoms with E-state index in [0.717, 1.165) is 0 Å². The second-order valence-corrected chi connectivity index (χ2v) is 4.50. The van der Waals surface area contributed by atoms with E-state index in [2.05, 4.69) is 4.74 Å². The van der Waals surface area contributed by atoms with E-state index >= 15 is 0 Å². The minimum absolute atomic E-state index is 0.265. The van der Waals surface area contributed by atoms with Gasteiger partial charge in [-0.15, -0.1) is 0 Å². The Bertz CT molecular complexity index is 521. The van der Waals surface area contributed by atoms with Gasteiger partial charge in [0.1, 0.15) is 0 Å². The summed E-state index contributed by atoms with van der Waals surface area (Å²) in [6, 6.07) is 0. The van der Waals surface area contributed by atoms with Crippen LogP contribution >= 0.6 is 0 Å². The van der Waals surface area contributed by atoms with Crippen LogP contribution in [0, 0.1) is 0 Å². The summed E-state index contributed by atoms with van der Waals surface area (Å²) in [7, 11) is 0.265. The van der Waals surface area contributed by atoms with Crippen LogP contribution in [0.3, 0.4) is 0 Å². The number of halogens is 11. The van der Waals surface area contributed by atoms with Gasteiger partial charge in [0, 0.05) is 0 Å². The first-order valence-electron chi connectivity index (χ1n) is 5.25. The zero-order valence-corrected chi connectivity index (χ0v) is 10.7. The molecular formula is C10H5F11O2. The average molecular weight is 366 g/mol. The molecule has 0 aromatic carbocycles. The summed E-state index contributed by atoms with van der Waals surface area (Å²) in [5, 5.41) is 0. The second kappa shape index (κ2) is 4.50. The number of rotatable bonds is 2. The molecule has 23 heavy (non-hydrogen) atoms. The predicted molar refractivity (Wildman–Crippen MR) is 49.7 cm³/mol. The van der Waals surface area contributed by atoms with E-state index in [1.807, 2.05) is 6.58 Å². The minimum atomic E-state index is -7.33. The first-order chi connectivity index (χ1) is 9.89. The molecule has 0 bridgehead atoms. The van der Waals surface area contributed by atoms with E-state index in [1.54, 1.807) is 0 Å². The van der Waals surface area contributed by atoms with Gasteiger partial charge in [-0.3, -0.25) is 0 Å². The normalized spacial score (nSPS) is 28.7. The lowest BCUT2D eigenvalue weighted by Crippen LogP contribution is -2.84. The average Bonchev–Trinajstić information content (AvgIpc) is 2.42. The molecular weight excluding hydrogens is 361 g/mol. The van der Waals surface area contributed by atoms with Crippen LogP contribution in [0.5, 0.6) is 0 Å². The van der Waals surface area contributed by atoms with Crippen LogP contribution in [-0.4, -0.2) is 48.4 Å². The van der Waals surface area contributed by atoms with Crippen molar-refractivity contribution >= 4 is 5.97 Å². The van der Waals surface area contributed by atoms with Crippen molar-refractivity contribution in [2.24, 2.45) is 0 Å². The van der Waals surface area contributed by atoms with Gasteiger partial charge >= 0.3 is 35.6 Å². The smallest absolute Gasteiger partial charge is 0.384 e. The molecule has 0 saturated heterocycles. The highest BCUT2D eigenvalue weighted by Crippen LogP contribution is 2.70. The molecule has 0 aliphatic heterocycles. The van der Waals surface area contributed by atoms with Crippen LogP contribution in [0.2, 0.25) is 0 Å². The van der Waals surface area contributed by atoms with Gasteiger partial charge in [0.15, 0.2) is 0 Å². The van der Waals surface area contributed by atoms with Crippen molar-refractivity contribution in [1.82, 2.24) is 0 Å². The maximum Gasteiger partial charge on any atom is 0.384 e. The number of ether oxygens (including phenoxy) is 1. The molecule has 1 fully saturated rings. The summed E-state index contributed by atoms with van der Waals surface area (Å²) in [5.74, 6) is -38.7. The monoisotopic (exact) mass is 366 g/mol. The molecule has 0 aromatic rings. The summed E-state index contributed by atoms with van der Waals surface area (Å²) in [6.07, 6.45) is 0. The summed E-state index contributed by atoms with van der Waals surface area (Å²) >= 11 is 0. The Hall–Kier alpha value is -1.56. The number of methoxy groups -OCH3 is 1. The maximum absolute atomic E-state index is 14.1. The van der Waals surface area contributed by atoms with Crippen molar-refractivity contribution in [3.63, 3.8) is 0 Å². The van der Waals surface area contributed by atoms with Gasteiger partial charge in [0.25, 0.3) is 5.67 Å². The fraction of sp³-hybridized carbons (Fsp3) is 0.700. The van der Waals surface area contributed by atoms with Crippen molar-refractivity contribution in [2.75, 3.05) is 7.11 Å². The highest BCUT2D eigenvalue weighted by Gasteiger charge is 3.01.